The molecule has 1 heterocycles. The van der Waals surface area contributed by atoms with Gasteiger partial charge in [-0.1, -0.05) is 0 Å². The lowest BCUT2D eigenvalue weighted by Gasteiger charge is -2.14. The zero-order chi connectivity index (χ0) is 14.4. The third-order valence-corrected chi connectivity index (χ3v) is 1.90. The average Bonchev–Trinajstić information content (AvgIpc) is 2.13. The molecule has 0 N–H and O–H groups in total. The van der Waals surface area contributed by atoms with Crippen LogP contribution in [-0.4, -0.2) is 15.0 Å². The molecule has 102 valence electrons. The fraction of sp³-hybridized carbons (Fsp3) is 0.500. The minimum absolute atomic E-state index is 1.81. The van der Waals surface area contributed by atoms with Crippen LogP contribution in [0, 0.1) is 0 Å². The Kier molecular flexibility index (Phi) is 3.91. The predicted octanol–water partition coefficient (Wildman–Crippen LogP) is 3.74. The molecule has 3 nitrogen and oxygen atoms in total. The lowest BCUT2D eigenvalue weighted by molar-refractivity contribution is 0.0562. The van der Waals surface area contributed by atoms with E-state index in [0.717, 1.165) is 0 Å². The van der Waals surface area contributed by atoms with Gasteiger partial charge in [0, 0.05) is 0 Å². The first kappa shape index (κ1) is 15.5. The van der Waals surface area contributed by atoms with Gasteiger partial charge in [0.1, 0.15) is 0 Å². The van der Waals surface area contributed by atoms with Crippen molar-refractivity contribution in [1.82, 2.24) is 15.0 Å². The summed E-state index contributed by atoms with van der Waals surface area (Å²) >= 11 is 13.3. The molecule has 0 aliphatic heterocycles. The molecule has 0 spiro atoms. The normalized spacial score (nSPS) is 13.8. The molecule has 1 rings (SSSR count). The molecular formula is C6Cl3F6N3. The smallest absolute Gasteiger partial charge is 0.203 e. The van der Waals surface area contributed by atoms with Crippen LogP contribution in [0.3, 0.4) is 0 Å². The molecule has 1 aromatic rings. The molecular weight excluding hydrogens is 334 g/mol. The fourth-order valence-electron chi connectivity index (χ4n) is 0.756. The van der Waals surface area contributed by atoms with Crippen LogP contribution in [0.2, 0.25) is 0 Å². The molecule has 0 saturated carbocycles. The number of hydrogen-bond donors (Lipinski definition) is 0. The van der Waals surface area contributed by atoms with Crippen molar-refractivity contribution in [1.29, 1.82) is 0 Å². The summed E-state index contributed by atoms with van der Waals surface area (Å²) in [6, 6.07) is 0. The summed E-state index contributed by atoms with van der Waals surface area (Å²) in [5.41, 5.74) is 0. The molecule has 1 aromatic heterocycles. The van der Waals surface area contributed by atoms with Gasteiger partial charge in [-0.15, -0.1) is 0 Å². The predicted molar refractivity (Wildman–Crippen MR) is 49.1 cm³/mol. The third kappa shape index (κ3) is 3.72. The van der Waals surface area contributed by atoms with E-state index in [-0.39, 0.29) is 0 Å². The molecule has 0 atom stereocenters. The van der Waals surface area contributed by atoms with Gasteiger partial charge in [0.15, 0.2) is 0 Å². The third-order valence-electron chi connectivity index (χ3n) is 1.40. The summed E-state index contributed by atoms with van der Waals surface area (Å²) in [7, 11) is 0. The van der Waals surface area contributed by atoms with Crippen LogP contribution in [0.15, 0.2) is 0 Å². The van der Waals surface area contributed by atoms with Gasteiger partial charge in [-0.2, -0.15) is 26.3 Å². The summed E-state index contributed by atoms with van der Waals surface area (Å²) in [6.07, 6.45) is 0. The van der Waals surface area contributed by atoms with E-state index in [1.165, 1.54) is 0 Å². The molecule has 0 aromatic carbocycles. The van der Waals surface area contributed by atoms with E-state index in [2.05, 4.69) is 49.8 Å². The highest BCUT2D eigenvalue weighted by molar-refractivity contribution is 6.22. The van der Waals surface area contributed by atoms with Crippen LogP contribution in [0.5, 0.6) is 0 Å². The Morgan fingerprint density at radius 2 is 0.722 bits per heavy atom. The van der Waals surface area contributed by atoms with E-state index in [1.807, 2.05) is 0 Å². The summed E-state index contributed by atoms with van der Waals surface area (Å²) in [6.45, 7) is 0. The first-order valence-corrected chi connectivity index (χ1v) is 4.93. The van der Waals surface area contributed by atoms with Crippen LogP contribution >= 0.6 is 34.8 Å². The van der Waals surface area contributed by atoms with E-state index in [0.29, 0.717) is 0 Å². The van der Waals surface area contributed by atoms with Gasteiger partial charge < -0.3 is 0 Å². The molecule has 0 saturated heterocycles. The highest BCUT2D eigenvalue weighted by Crippen LogP contribution is 2.37. The second-order valence-corrected chi connectivity index (χ2v) is 4.22. The highest BCUT2D eigenvalue weighted by Gasteiger charge is 2.42. The first-order chi connectivity index (χ1) is 7.82. The molecule has 0 unspecified atom stereocenters. The maximum atomic E-state index is 12.6. The second-order valence-electron chi connectivity index (χ2n) is 2.80. The van der Waals surface area contributed by atoms with Crippen LogP contribution < -0.4 is 0 Å². The SMILES string of the molecule is FC(F)(Cl)c1nc(C(F)(F)Cl)nc(C(F)(F)Cl)n1. The van der Waals surface area contributed by atoms with Gasteiger partial charge in [-0.05, 0) is 34.8 Å². The van der Waals surface area contributed by atoms with Crippen molar-refractivity contribution in [2.24, 2.45) is 0 Å². The summed E-state index contributed by atoms with van der Waals surface area (Å²) in [4.78, 5) is 7.53. The van der Waals surface area contributed by atoms with Gasteiger partial charge in [-0.25, -0.2) is 15.0 Å². The minimum Gasteiger partial charge on any atom is -0.203 e. The fourth-order valence-corrected chi connectivity index (χ4v) is 1.01. The molecule has 0 bridgehead atoms. The van der Waals surface area contributed by atoms with E-state index >= 15 is 0 Å². The summed E-state index contributed by atoms with van der Waals surface area (Å²) in [5, 5.41) is -13.1. The second kappa shape index (κ2) is 4.53. The van der Waals surface area contributed by atoms with Gasteiger partial charge in [0.25, 0.3) is 0 Å². The lowest BCUT2D eigenvalue weighted by atomic mass is 10.5. The molecule has 0 fully saturated rings. The standard InChI is InChI=1S/C6Cl3F6N3/c7-4(10,11)1-16-2(5(8,12)13)18-3(17-1)6(9,14)15. The largest absolute Gasteiger partial charge is 0.381 e. The van der Waals surface area contributed by atoms with Crippen LogP contribution in [0.4, 0.5) is 26.3 Å². The zero-order valence-electron chi connectivity index (χ0n) is 7.74. The molecule has 18 heavy (non-hydrogen) atoms. The van der Waals surface area contributed by atoms with E-state index in [4.69, 9.17) is 0 Å². The van der Waals surface area contributed by atoms with Gasteiger partial charge in [0.05, 0.1) is 0 Å². The number of alkyl halides is 9. The Morgan fingerprint density at radius 3 is 0.833 bits per heavy atom. The number of hydrogen-bond acceptors (Lipinski definition) is 3. The first-order valence-electron chi connectivity index (χ1n) is 3.79. The van der Waals surface area contributed by atoms with Gasteiger partial charge in [0.2, 0.25) is 17.5 Å². The summed E-state index contributed by atoms with van der Waals surface area (Å²) in [5.74, 6) is -5.44. The van der Waals surface area contributed by atoms with Crippen LogP contribution in [-0.2, 0) is 16.1 Å². The van der Waals surface area contributed by atoms with Gasteiger partial charge >= 0.3 is 16.1 Å². The minimum atomic E-state index is -4.36. The van der Waals surface area contributed by atoms with Gasteiger partial charge in [-0.3, -0.25) is 0 Å². The number of rotatable bonds is 3. The maximum Gasteiger partial charge on any atom is 0.381 e. The molecule has 0 aliphatic rings. The van der Waals surface area contributed by atoms with Crippen molar-refractivity contribution in [2.45, 2.75) is 16.1 Å². The quantitative estimate of drug-likeness (QED) is 0.624. The Morgan fingerprint density at radius 1 is 0.556 bits per heavy atom. The van der Waals surface area contributed by atoms with Crippen molar-refractivity contribution in [3.05, 3.63) is 17.5 Å². The van der Waals surface area contributed by atoms with Crippen molar-refractivity contribution in [3.8, 4) is 0 Å². The van der Waals surface area contributed by atoms with Crippen molar-refractivity contribution in [3.63, 3.8) is 0 Å². The van der Waals surface area contributed by atoms with E-state index < -0.39 is 33.6 Å². The van der Waals surface area contributed by atoms with Crippen LogP contribution in [0.1, 0.15) is 17.5 Å². The number of aromatic nitrogens is 3. The molecule has 0 radical (unpaired) electrons. The average molecular weight is 334 g/mol. The lowest BCUT2D eigenvalue weighted by Crippen LogP contribution is -2.23. The van der Waals surface area contributed by atoms with Crippen LogP contribution in [0.25, 0.3) is 0 Å². The number of nitrogens with zero attached hydrogens (tertiary/aromatic N) is 3. The molecule has 0 amide bonds. The Balaban J connectivity index is 3.49. The van der Waals surface area contributed by atoms with Crippen molar-refractivity contribution in [2.75, 3.05) is 0 Å². The summed E-state index contributed by atoms with van der Waals surface area (Å²) < 4.78 is 75.8. The topological polar surface area (TPSA) is 38.7 Å². The van der Waals surface area contributed by atoms with Crippen molar-refractivity contribution >= 4 is 34.8 Å². The molecule has 0 aliphatic carbocycles. The Labute approximate surface area is 110 Å². The zero-order valence-corrected chi connectivity index (χ0v) is 10.0. The van der Waals surface area contributed by atoms with Crippen molar-refractivity contribution < 1.29 is 26.3 Å². The van der Waals surface area contributed by atoms with E-state index in [9.17, 15) is 26.3 Å². The molecule has 12 heteroatoms. The Hall–Kier alpha value is -0.540. The monoisotopic (exact) mass is 333 g/mol. The maximum absolute atomic E-state index is 12.6. The number of halogens is 9. The highest BCUT2D eigenvalue weighted by atomic mass is 35.5. The Bertz CT molecular complexity index is 372. The van der Waals surface area contributed by atoms with E-state index in [1.54, 1.807) is 0 Å².